The topological polar surface area (TPSA) is 67.0 Å². The number of fused-ring (bicyclic) bond motifs is 1. The van der Waals surface area contributed by atoms with Crippen molar-refractivity contribution in [3.8, 4) is 17.0 Å². The predicted octanol–water partition coefficient (Wildman–Crippen LogP) is 4.61. The minimum Gasteiger partial charge on any atom is -0.496 e. The number of carbonyl (C=O) groups excluding carboxylic acids is 1. The third kappa shape index (κ3) is 3.72. The normalized spacial score (nSPS) is 13.5. The molecule has 0 atom stereocenters. The summed E-state index contributed by atoms with van der Waals surface area (Å²) >= 11 is 0. The van der Waals surface area contributed by atoms with Gasteiger partial charge in [-0.1, -0.05) is 36.8 Å². The number of aromatic nitrogens is 2. The van der Waals surface area contributed by atoms with Crippen molar-refractivity contribution in [2.24, 2.45) is 0 Å². The van der Waals surface area contributed by atoms with Crippen LogP contribution in [0.1, 0.15) is 40.7 Å². The first-order valence-electron chi connectivity index (χ1n) is 9.36. The lowest BCUT2D eigenvalue weighted by Gasteiger charge is -2.13. The first kappa shape index (κ1) is 17.3. The zero-order valence-corrected chi connectivity index (χ0v) is 15.4. The number of rotatable bonds is 4. The number of ether oxygens (including phenoxy) is 1. The van der Waals surface area contributed by atoms with E-state index in [9.17, 15) is 4.79 Å². The number of amides is 1. The first-order valence-corrected chi connectivity index (χ1v) is 9.36. The maximum absolute atomic E-state index is 12.9. The number of hydrogen-bond acceptors (Lipinski definition) is 3. The highest BCUT2D eigenvalue weighted by Crippen LogP contribution is 2.29. The fourth-order valence-electron chi connectivity index (χ4n) is 3.62. The van der Waals surface area contributed by atoms with Gasteiger partial charge in [-0.2, -0.15) is 5.10 Å². The molecule has 2 N–H and O–H groups in total. The summed E-state index contributed by atoms with van der Waals surface area (Å²) in [5, 5.41) is 10.1. The molecule has 0 saturated heterocycles. The van der Waals surface area contributed by atoms with Crippen LogP contribution in [0.2, 0.25) is 0 Å². The van der Waals surface area contributed by atoms with Gasteiger partial charge in [0.15, 0.2) is 5.82 Å². The molecule has 1 amide bonds. The van der Waals surface area contributed by atoms with Gasteiger partial charge in [0.1, 0.15) is 5.75 Å². The number of H-pyrrole nitrogens is 1. The van der Waals surface area contributed by atoms with E-state index >= 15 is 0 Å². The zero-order valence-electron chi connectivity index (χ0n) is 15.4. The summed E-state index contributed by atoms with van der Waals surface area (Å²) < 4.78 is 5.50. The lowest BCUT2D eigenvalue weighted by atomic mass is 9.98. The summed E-state index contributed by atoms with van der Waals surface area (Å²) in [7, 11) is 1.61. The molecule has 5 nitrogen and oxygen atoms in total. The van der Waals surface area contributed by atoms with Gasteiger partial charge in [-0.25, -0.2) is 0 Å². The van der Waals surface area contributed by atoms with Gasteiger partial charge in [0.2, 0.25) is 0 Å². The minimum atomic E-state index is -0.204. The molecular weight excluding hydrogens is 338 g/mol. The highest BCUT2D eigenvalue weighted by Gasteiger charge is 2.19. The molecule has 0 aliphatic heterocycles. The molecule has 0 radical (unpaired) electrons. The van der Waals surface area contributed by atoms with Gasteiger partial charge in [0, 0.05) is 6.07 Å². The quantitative estimate of drug-likeness (QED) is 0.667. The van der Waals surface area contributed by atoms with Crippen LogP contribution in [0, 0.1) is 0 Å². The molecule has 1 aliphatic carbocycles. The Morgan fingerprint density at radius 3 is 2.52 bits per heavy atom. The van der Waals surface area contributed by atoms with Gasteiger partial charge >= 0.3 is 0 Å². The van der Waals surface area contributed by atoms with Crippen molar-refractivity contribution in [3.63, 3.8) is 0 Å². The fourth-order valence-corrected chi connectivity index (χ4v) is 3.62. The molecule has 1 aliphatic rings. The summed E-state index contributed by atoms with van der Waals surface area (Å²) in [5.41, 5.74) is 4.99. The average Bonchev–Trinajstić information content (AvgIpc) is 3.04. The fraction of sp³-hybridized carbons (Fsp3) is 0.273. The summed E-state index contributed by atoms with van der Waals surface area (Å²) in [4.78, 5) is 12.9. The molecule has 2 aromatic carbocycles. The predicted molar refractivity (Wildman–Crippen MR) is 106 cm³/mol. The summed E-state index contributed by atoms with van der Waals surface area (Å²) in [6.07, 6.45) is 5.65. The van der Waals surface area contributed by atoms with Crippen molar-refractivity contribution in [1.29, 1.82) is 0 Å². The van der Waals surface area contributed by atoms with Crippen molar-refractivity contribution in [2.75, 3.05) is 12.4 Å². The maximum Gasteiger partial charge on any atom is 0.260 e. The number of benzene rings is 2. The Morgan fingerprint density at radius 2 is 1.78 bits per heavy atom. The third-order valence-electron chi connectivity index (χ3n) is 5.06. The number of methoxy groups -OCH3 is 1. The van der Waals surface area contributed by atoms with Crippen molar-refractivity contribution < 1.29 is 9.53 Å². The third-order valence-corrected chi connectivity index (χ3v) is 5.06. The molecule has 0 unspecified atom stereocenters. The van der Waals surface area contributed by atoms with Crippen LogP contribution in [0.4, 0.5) is 5.82 Å². The molecule has 3 aromatic rings. The van der Waals surface area contributed by atoms with Crippen molar-refractivity contribution >= 4 is 11.7 Å². The monoisotopic (exact) mass is 361 g/mol. The lowest BCUT2D eigenvalue weighted by Crippen LogP contribution is -2.14. The number of aryl methyl sites for hydroxylation is 2. The maximum atomic E-state index is 12.9. The van der Waals surface area contributed by atoms with Crippen LogP contribution < -0.4 is 10.1 Å². The van der Waals surface area contributed by atoms with Crippen LogP contribution in [-0.2, 0) is 12.8 Å². The number of carbonyl (C=O) groups is 1. The van der Waals surface area contributed by atoms with E-state index in [4.69, 9.17) is 4.74 Å². The Kier molecular flexibility index (Phi) is 4.92. The van der Waals surface area contributed by atoms with E-state index < -0.39 is 0 Å². The minimum absolute atomic E-state index is 0.204. The van der Waals surface area contributed by atoms with Gasteiger partial charge in [0.05, 0.1) is 18.4 Å². The Bertz CT molecular complexity index is 947. The molecule has 1 heterocycles. The van der Waals surface area contributed by atoms with Crippen LogP contribution >= 0.6 is 0 Å². The van der Waals surface area contributed by atoms with Crippen LogP contribution in [0.3, 0.4) is 0 Å². The summed E-state index contributed by atoms with van der Waals surface area (Å²) in [5.74, 6) is 0.910. The number of anilines is 1. The Morgan fingerprint density at radius 1 is 1.04 bits per heavy atom. The van der Waals surface area contributed by atoms with Gasteiger partial charge in [-0.05, 0) is 54.5 Å². The largest absolute Gasteiger partial charge is 0.496 e. The number of nitrogens with zero attached hydrogens (tertiary/aromatic N) is 1. The van der Waals surface area contributed by atoms with E-state index in [0.717, 1.165) is 24.1 Å². The molecule has 27 heavy (non-hydrogen) atoms. The first-order chi connectivity index (χ1) is 13.2. The number of nitrogens with one attached hydrogen (secondary N) is 2. The van der Waals surface area contributed by atoms with Gasteiger partial charge in [-0.15, -0.1) is 0 Å². The molecule has 0 bridgehead atoms. The zero-order chi connectivity index (χ0) is 18.6. The molecule has 1 aromatic heterocycles. The van der Waals surface area contributed by atoms with Crippen LogP contribution in [0.5, 0.6) is 5.75 Å². The van der Waals surface area contributed by atoms with E-state index in [1.807, 2.05) is 48.5 Å². The smallest absolute Gasteiger partial charge is 0.260 e. The van der Waals surface area contributed by atoms with Gasteiger partial charge in [-0.3, -0.25) is 9.89 Å². The van der Waals surface area contributed by atoms with Gasteiger partial charge in [0.25, 0.3) is 5.91 Å². The number of aromatic amines is 1. The van der Waals surface area contributed by atoms with E-state index in [2.05, 4.69) is 15.5 Å². The SMILES string of the molecule is COc1cc2c(cc1C(=O)Nc1cc(-c3ccccc3)[nH]n1)CCCCC2. The van der Waals surface area contributed by atoms with Crippen LogP contribution in [0.15, 0.2) is 48.5 Å². The summed E-state index contributed by atoms with van der Waals surface area (Å²) in [6, 6.07) is 15.7. The van der Waals surface area contributed by atoms with Crippen molar-refractivity contribution in [1.82, 2.24) is 10.2 Å². The molecule has 5 heteroatoms. The molecule has 4 rings (SSSR count). The Labute approximate surface area is 158 Å². The second-order valence-corrected chi connectivity index (χ2v) is 6.87. The second kappa shape index (κ2) is 7.66. The molecular formula is C22H23N3O2. The highest BCUT2D eigenvalue weighted by molar-refractivity contribution is 6.06. The van der Waals surface area contributed by atoms with E-state index in [0.29, 0.717) is 17.1 Å². The van der Waals surface area contributed by atoms with Crippen molar-refractivity contribution in [3.05, 3.63) is 65.2 Å². The molecule has 0 saturated carbocycles. The molecule has 0 fully saturated rings. The van der Waals surface area contributed by atoms with Crippen molar-refractivity contribution in [2.45, 2.75) is 32.1 Å². The van der Waals surface area contributed by atoms with E-state index in [-0.39, 0.29) is 5.91 Å². The molecule has 0 spiro atoms. The van der Waals surface area contributed by atoms with Crippen LogP contribution in [0.25, 0.3) is 11.3 Å². The average molecular weight is 361 g/mol. The molecule has 138 valence electrons. The van der Waals surface area contributed by atoms with Crippen LogP contribution in [-0.4, -0.2) is 23.2 Å². The number of hydrogen-bond donors (Lipinski definition) is 2. The Hall–Kier alpha value is -3.08. The standard InChI is InChI=1S/C22H23N3O2/c1-27-20-13-17-11-7-3-6-10-16(17)12-18(20)22(26)23-21-14-19(24-25-21)15-8-4-2-5-9-15/h2,4-5,8-9,12-14H,3,6-7,10-11H2,1H3,(H2,23,24,25,26). The Balaban J connectivity index is 1.58. The summed E-state index contributed by atoms with van der Waals surface area (Å²) in [6.45, 7) is 0. The van der Waals surface area contributed by atoms with E-state index in [1.165, 1.54) is 30.4 Å². The van der Waals surface area contributed by atoms with E-state index in [1.54, 1.807) is 7.11 Å². The highest BCUT2D eigenvalue weighted by atomic mass is 16.5. The van der Waals surface area contributed by atoms with Gasteiger partial charge < -0.3 is 10.1 Å². The second-order valence-electron chi connectivity index (χ2n) is 6.87. The lowest BCUT2D eigenvalue weighted by molar-refractivity contribution is 0.102.